The molecule has 0 bridgehead atoms. The molecule has 2 heterocycles. The summed E-state index contributed by atoms with van der Waals surface area (Å²) in [6.07, 6.45) is 2.76. The van der Waals surface area contributed by atoms with Crippen LogP contribution in [0, 0.1) is 0 Å². The van der Waals surface area contributed by atoms with Gasteiger partial charge < -0.3 is 5.32 Å². The van der Waals surface area contributed by atoms with Crippen LogP contribution in [0.3, 0.4) is 0 Å². The van der Waals surface area contributed by atoms with Crippen molar-refractivity contribution in [1.82, 2.24) is 15.2 Å². The van der Waals surface area contributed by atoms with Crippen LogP contribution < -0.4 is 5.32 Å². The number of thiophene rings is 1. The van der Waals surface area contributed by atoms with Crippen molar-refractivity contribution in [3.63, 3.8) is 0 Å². The lowest BCUT2D eigenvalue weighted by molar-refractivity contribution is 0.757. The van der Waals surface area contributed by atoms with Gasteiger partial charge in [-0.1, -0.05) is 19.9 Å². The van der Waals surface area contributed by atoms with Gasteiger partial charge in [-0.15, -0.1) is 16.4 Å². The summed E-state index contributed by atoms with van der Waals surface area (Å²) in [6.45, 7) is 6.32. The topological polar surface area (TPSA) is 50.7 Å². The first kappa shape index (κ1) is 13.9. The van der Waals surface area contributed by atoms with Crippen molar-refractivity contribution in [1.29, 1.82) is 0 Å². The van der Waals surface area contributed by atoms with Crippen molar-refractivity contribution in [3.8, 4) is 0 Å². The molecule has 0 saturated carbocycles. The van der Waals surface area contributed by atoms with Crippen molar-refractivity contribution in [2.45, 2.75) is 46.1 Å². The van der Waals surface area contributed by atoms with Gasteiger partial charge in [-0.3, -0.25) is 0 Å². The molecule has 2 aromatic heterocycles. The average molecular weight is 276 g/mol. The fourth-order valence-corrected chi connectivity index (χ4v) is 2.84. The molecule has 2 rings (SSSR count). The van der Waals surface area contributed by atoms with Gasteiger partial charge in [0.1, 0.15) is 0 Å². The minimum Gasteiger partial charge on any atom is -0.350 e. The van der Waals surface area contributed by atoms with Crippen LogP contribution in [0.1, 0.15) is 37.0 Å². The molecule has 102 valence electrons. The molecule has 1 atom stereocenters. The quantitative estimate of drug-likeness (QED) is 0.881. The highest BCUT2D eigenvalue weighted by atomic mass is 32.1. The molecule has 0 spiro atoms. The van der Waals surface area contributed by atoms with Gasteiger partial charge in [0, 0.05) is 17.3 Å². The van der Waals surface area contributed by atoms with Crippen LogP contribution in [0.15, 0.2) is 17.5 Å². The molecule has 0 aliphatic carbocycles. The van der Waals surface area contributed by atoms with Crippen molar-refractivity contribution in [2.24, 2.45) is 0 Å². The van der Waals surface area contributed by atoms with Crippen LogP contribution in [0.5, 0.6) is 0 Å². The van der Waals surface area contributed by atoms with Gasteiger partial charge in [0.15, 0.2) is 0 Å². The molecule has 0 aliphatic rings. The second-order valence-corrected chi connectivity index (χ2v) is 5.60. The van der Waals surface area contributed by atoms with Crippen molar-refractivity contribution >= 4 is 17.3 Å². The van der Waals surface area contributed by atoms with E-state index in [0.717, 1.165) is 30.7 Å². The number of anilines is 1. The molecule has 0 saturated heterocycles. The van der Waals surface area contributed by atoms with Crippen LogP contribution in [-0.2, 0) is 19.3 Å². The lowest BCUT2D eigenvalue weighted by Crippen LogP contribution is -2.20. The van der Waals surface area contributed by atoms with Gasteiger partial charge in [0.05, 0.1) is 11.4 Å². The summed E-state index contributed by atoms with van der Waals surface area (Å²) >= 11 is 1.78. The SMILES string of the molecule is CCc1nnc(NC(C)Cc2cccs2)nc1CC. The molecule has 1 N–H and O–H groups in total. The van der Waals surface area contributed by atoms with E-state index in [-0.39, 0.29) is 0 Å². The Balaban J connectivity index is 2.02. The fourth-order valence-electron chi connectivity index (χ4n) is 2.00. The third kappa shape index (κ3) is 3.73. The van der Waals surface area contributed by atoms with Crippen LogP contribution in [0.4, 0.5) is 5.95 Å². The zero-order chi connectivity index (χ0) is 13.7. The number of hydrogen-bond donors (Lipinski definition) is 1. The van der Waals surface area contributed by atoms with Gasteiger partial charge in [-0.25, -0.2) is 4.98 Å². The highest BCUT2D eigenvalue weighted by Gasteiger charge is 2.09. The van der Waals surface area contributed by atoms with E-state index in [1.165, 1.54) is 4.88 Å². The monoisotopic (exact) mass is 276 g/mol. The van der Waals surface area contributed by atoms with Gasteiger partial charge in [-0.2, -0.15) is 5.10 Å². The Morgan fingerprint density at radius 1 is 1.21 bits per heavy atom. The molecular formula is C14H20N4S. The summed E-state index contributed by atoms with van der Waals surface area (Å²) < 4.78 is 0. The highest BCUT2D eigenvalue weighted by molar-refractivity contribution is 7.09. The molecule has 0 radical (unpaired) electrons. The molecule has 19 heavy (non-hydrogen) atoms. The molecule has 1 unspecified atom stereocenters. The van der Waals surface area contributed by atoms with Gasteiger partial charge in [0.2, 0.25) is 5.95 Å². The first-order valence-corrected chi connectivity index (χ1v) is 7.62. The minimum absolute atomic E-state index is 0.303. The van der Waals surface area contributed by atoms with E-state index in [1.54, 1.807) is 11.3 Å². The zero-order valence-electron chi connectivity index (χ0n) is 11.7. The Morgan fingerprint density at radius 3 is 2.63 bits per heavy atom. The van der Waals surface area contributed by atoms with E-state index in [0.29, 0.717) is 12.0 Å². The van der Waals surface area contributed by atoms with E-state index < -0.39 is 0 Å². The first-order chi connectivity index (χ1) is 9.22. The fraction of sp³-hybridized carbons (Fsp3) is 0.500. The molecule has 0 aliphatic heterocycles. The van der Waals surface area contributed by atoms with E-state index in [4.69, 9.17) is 0 Å². The van der Waals surface area contributed by atoms with Crippen LogP contribution >= 0.6 is 11.3 Å². The smallest absolute Gasteiger partial charge is 0.243 e. The third-order valence-electron chi connectivity index (χ3n) is 2.97. The van der Waals surface area contributed by atoms with Crippen LogP contribution in [0.2, 0.25) is 0 Å². The molecule has 4 nitrogen and oxygen atoms in total. The maximum absolute atomic E-state index is 4.55. The molecule has 0 aromatic carbocycles. The summed E-state index contributed by atoms with van der Waals surface area (Å²) in [7, 11) is 0. The summed E-state index contributed by atoms with van der Waals surface area (Å²) in [5, 5.41) is 13.8. The van der Waals surface area contributed by atoms with E-state index in [9.17, 15) is 0 Å². The first-order valence-electron chi connectivity index (χ1n) is 6.74. The zero-order valence-corrected chi connectivity index (χ0v) is 12.5. The number of nitrogens with zero attached hydrogens (tertiary/aromatic N) is 3. The second kappa shape index (κ2) is 6.61. The van der Waals surface area contributed by atoms with Crippen molar-refractivity contribution in [2.75, 3.05) is 5.32 Å². The predicted octanol–water partition coefficient (Wildman–Crippen LogP) is 3.10. The molecule has 0 amide bonds. The maximum atomic E-state index is 4.55. The number of hydrogen-bond acceptors (Lipinski definition) is 5. The van der Waals surface area contributed by atoms with Crippen molar-refractivity contribution < 1.29 is 0 Å². The number of aryl methyl sites for hydroxylation is 2. The van der Waals surface area contributed by atoms with Crippen LogP contribution in [-0.4, -0.2) is 21.2 Å². The summed E-state index contributed by atoms with van der Waals surface area (Å²) in [5.41, 5.74) is 2.04. The van der Waals surface area contributed by atoms with Gasteiger partial charge in [-0.05, 0) is 31.2 Å². The average Bonchev–Trinajstić information content (AvgIpc) is 2.91. The highest BCUT2D eigenvalue weighted by Crippen LogP contribution is 2.13. The predicted molar refractivity (Wildman–Crippen MR) is 79.7 cm³/mol. The number of rotatable bonds is 6. The maximum Gasteiger partial charge on any atom is 0.243 e. The molecule has 0 fully saturated rings. The number of aromatic nitrogens is 3. The van der Waals surface area contributed by atoms with Gasteiger partial charge >= 0.3 is 0 Å². The summed E-state index contributed by atoms with van der Waals surface area (Å²) in [5.74, 6) is 0.637. The molecule has 5 heteroatoms. The van der Waals surface area contributed by atoms with E-state index >= 15 is 0 Å². The Labute approximate surface area is 118 Å². The standard InChI is InChI=1S/C14H20N4S/c1-4-12-13(5-2)17-18-14(16-12)15-10(3)9-11-7-6-8-19-11/h6-8,10H,4-5,9H2,1-3H3,(H,15,16,18). The Hall–Kier alpha value is -1.49. The number of nitrogens with one attached hydrogen (secondary N) is 1. The summed E-state index contributed by atoms with van der Waals surface area (Å²) in [4.78, 5) is 5.92. The van der Waals surface area contributed by atoms with E-state index in [2.05, 4.69) is 58.8 Å². The van der Waals surface area contributed by atoms with E-state index in [1.807, 2.05) is 0 Å². The van der Waals surface area contributed by atoms with Gasteiger partial charge in [0.25, 0.3) is 0 Å². The Kier molecular flexibility index (Phi) is 4.85. The Bertz CT molecular complexity index is 510. The van der Waals surface area contributed by atoms with Crippen LogP contribution in [0.25, 0.3) is 0 Å². The molecule has 2 aromatic rings. The van der Waals surface area contributed by atoms with Crippen molar-refractivity contribution in [3.05, 3.63) is 33.8 Å². The second-order valence-electron chi connectivity index (χ2n) is 4.56. The lowest BCUT2D eigenvalue weighted by Gasteiger charge is -2.13. The largest absolute Gasteiger partial charge is 0.350 e. The lowest BCUT2D eigenvalue weighted by atomic mass is 10.2. The Morgan fingerprint density at radius 2 is 2.00 bits per heavy atom. The third-order valence-corrected chi connectivity index (χ3v) is 3.87. The summed E-state index contributed by atoms with van der Waals surface area (Å²) in [6, 6.07) is 4.54. The normalized spacial score (nSPS) is 12.4. The minimum atomic E-state index is 0.303. The molecular weight excluding hydrogens is 256 g/mol.